The molecule has 0 heterocycles. The Hall–Kier alpha value is -0.780. The van der Waals surface area contributed by atoms with E-state index in [0.717, 1.165) is 0 Å². The van der Waals surface area contributed by atoms with Crippen LogP contribution < -0.4 is 0 Å². The standard InChI is InChI=1S/C23H43BrNO13PS2/c1-9-34-18(26)21(2,3)16-22(4,17-23(5,24)20(28)36-14-15-40-41(31,32)33)19(27)35-12-13-38-39(29,30)37-11-10-25(6,7)8/h9-17H2,1-8H3,(H-,29,30,31,32,33)/p+1. The summed E-state index contributed by atoms with van der Waals surface area (Å²) in [5.41, 5.74) is -2.67. The van der Waals surface area contributed by atoms with Crippen LogP contribution in [0, 0.1) is 10.8 Å². The average Bonchev–Trinajstić information content (AvgIpc) is 2.76. The molecule has 0 saturated heterocycles. The van der Waals surface area contributed by atoms with Crippen LogP contribution in [0.3, 0.4) is 0 Å². The van der Waals surface area contributed by atoms with E-state index in [0.29, 0.717) is 11.0 Å². The highest BCUT2D eigenvalue weighted by Gasteiger charge is 2.49. The van der Waals surface area contributed by atoms with E-state index >= 15 is 0 Å². The molecule has 14 nitrogen and oxygen atoms in total. The molecule has 0 aliphatic heterocycles. The highest BCUT2D eigenvalue weighted by molar-refractivity contribution is 9.10. The molecule has 0 spiro atoms. The van der Waals surface area contributed by atoms with Crippen molar-refractivity contribution in [1.29, 1.82) is 0 Å². The summed E-state index contributed by atoms with van der Waals surface area (Å²) in [4.78, 5) is 48.6. The summed E-state index contributed by atoms with van der Waals surface area (Å²) >= 11 is 3.28. The molecule has 0 aliphatic rings. The number of phosphoric acid groups is 1. The number of quaternary nitrogens is 1. The highest BCUT2D eigenvalue weighted by Crippen LogP contribution is 2.45. The molecule has 18 heteroatoms. The van der Waals surface area contributed by atoms with Gasteiger partial charge in [0, 0.05) is 5.75 Å². The SMILES string of the molecule is CCOC(=O)C(C)(C)CC(C)(CC(C)(Br)C(=O)OCCSS(=O)(=O)O)C(=O)OCCOP(=O)(O)OCC[N+](C)(C)C. The number of esters is 3. The second-order valence-corrected chi connectivity index (χ2v) is 18.1. The molecule has 0 aliphatic carbocycles. The Morgan fingerprint density at radius 2 is 1.41 bits per heavy atom. The molecule has 3 unspecified atom stereocenters. The molecule has 0 rings (SSSR count). The lowest BCUT2D eigenvalue weighted by atomic mass is 9.69. The molecule has 0 bridgehead atoms. The number of alkyl halides is 1. The van der Waals surface area contributed by atoms with Gasteiger partial charge in [0.25, 0.3) is 0 Å². The van der Waals surface area contributed by atoms with Crippen molar-refractivity contribution in [3.8, 4) is 0 Å². The maximum Gasteiger partial charge on any atom is 0.472 e. The third-order valence-corrected chi connectivity index (χ3v) is 9.08. The number of carbonyl (C=O) groups excluding carboxylic acids is 3. The number of carbonyl (C=O) groups is 3. The number of hydrogen-bond donors (Lipinski definition) is 2. The highest BCUT2D eigenvalue weighted by atomic mass is 79.9. The minimum Gasteiger partial charge on any atom is -0.466 e. The Kier molecular flexibility index (Phi) is 16.0. The summed E-state index contributed by atoms with van der Waals surface area (Å²) in [6.45, 7) is 7.02. The summed E-state index contributed by atoms with van der Waals surface area (Å²) in [6.07, 6.45) is -0.336. The summed E-state index contributed by atoms with van der Waals surface area (Å²) in [5.74, 6) is -2.44. The molecule has 0 aromatic rings. The van der Waals surface area contributed by atoms with Crippen LogP contribution in [0.4, 0.5) is 0 Å². The van der Waals surface area contributed by atoms with Gasteiger partial charge in [-0.1, -0.05) is 15.9 Å². The monoisotopic (exact) mass is 716 g/mol. The smallest absolute Gasteiger partial charge is 0.466 e. The van der Waals surface area contributed by atoms with E-state index in [9.17, 15) is 32.3 Å². The van der Waals surface area contributed by atoms with Crippen LogP contribution in [0.2, 0.25) is 0 Å². The molecule has 3 atom stereocenters. The number of hydrogen-bond acceptors (Lipinski definition) is 12. The van der Waals surface area contributed by atoms with E-state index in [2.05, 4.69) is 15.9 Å². The van der Waals surface area contributed by atoms with Crippen LogP contribution >= 0.6 is 34.5 Å². The van der Waals surface area contributed by atoms with Gasteiger partial charge in [0.2, 0.25) is 0 Å². The van der Waals surface area contributed by atoms with Crippen molar-refractivity contribution >= 4 is 61.6 Å². The summed E-state index contributed by atoms with van der Waals surface area (Å²) < 4.78 is 67.0. The van der Waals surface area contributed by atoms with Gasteiger partial charge in [0.15, 0.2) is 0 Å². The van der Waals surface area contributed by atoms with Crippen molar-refractivity contribution in [3.63, 3.8) is 0 Å². The molecular weight excluding hydrogens is 673 g/mol. The van der Waals surface area contributed by atoms with Crippen molar-refractivity contribution < 1.29 is 64.6 Å². The normalized spacial score (nSPS) is 17.0. The van der Waals surface area contributed by atoms with Crippen LogP contribution in [0.25, 0.3) is 0 Å². The quantitative estimate of drug-likeness (QED) is 0.0273. The molecule has 0 aromatic carbocycles. The average molecular weight is 718 g/mol. The van der Waals surface area contributed by atoms with Gasteiger partial charge in [-0.25, -0.2) is 4.57 Å². The maximum atomic E-state index is 13.3. The summed E-state index contributed by atoms with van der Waals surface area (Å²) in [7, 11) is -2.86. The lowest BCUT2D eigenvalue weighted by Gasteiger charge is -2.37. The maximum absolute atomic E-state index is 13.3. The first-order valence-corrected chi connectivity index (χ1v) is 17.8. The molecule has 41 heavy (non-hydrogen) atoms. The molecule has 0 saturated carbocycles. The number of nitrogens with zero attached hydrogens (tertiary/aromatic N) is 1. The van der Waals surface area contributed by atoms with Gasteiger partial charge in [-0.05, 0) is 58.3 Å². The fourth-order valence-corrected chi connectivity index (χ4v) is 6.36. The zero-order valence-corrected chi connectivity index (χ0v) is 29.0. The lowest BCUT2D eigenvalue weighted by molar-refractivity contribution is -0.870. The van der Waals surface area contributed by atoms with Crippen molar-refractivity contribution in [2.75, 3.05) is 66.5 Å². The second-order valence-electron chi connectivity index (χ2n) is 11.4. The van der Waals surface area contributed by atoms with Crippen LogP contribution in [0.5, 0.6) is 0 Å². The predicted molar refractivity (Wildman–Crippen MR) is 156 cm³/mol. The van der Waals surface area contributed by atoms with Gasteiger partial charge in [0.1, 0.15) is 30.7 Å². The van der Waals surface area contributed by atoms with Crippen molar-refractivity contribution in [2.45, 2.75) is 51.8 Å². The number of phosphoric ester groups is 1. The zero-order chi connectivity index (χ0) is 32.3. The first kappa shape index (κ1) is 40.2. The largest absolute Gasteiger partial charge is 0.472 e. The molecule has 242 valence electrons. The Labute approximate surface area is 254 Å². The fraction of sp³-hybridized carbons (Fsp3) is 0.870. The van der Waals surface area contributed by atoms with Gasteiger partial charge in [-0.2, -0.15) is 8.42 Å². The number of halogens is 1. The van der Waals surface area contributed by atoms with E-state index in [1.807, 2.05) is 21.1 Å². The molecule has 0 aromatic heterocycles. The Morgan fingerprint density at radius 3 is 1.93 bits per heavy atom. The van der Waals surface area contributed by atoms with Crippen molar-refractivity contribution in [2.24, 2.45) is 10.8 Å². The minimum absolute atomic E-state index is 0.0352. The summed E-state index contributed by atoms with van der Waals surface area (Å²) in [6, 6.07) is 0. The molecule has 0 radical (unpaired) electrons. The van der Waals surface area contributed by atoms with E-state index < -0.39 is 63.2 Å². The fourth-order valence-electron chi connectivity index (χ4n) is 3.74. The van der Waals surface area contributed by atoms with Crippen LogP contribution in [0.15, 0.2) is 0 Å². The molecule has 0 fully saturated rings. The molecule has 0 amide bonds. The third-order valence-electron chi connectivity index (χ3n) is 5.44. The second kappa shape index (κ2) is 16.3. The predicted octanol–water partition coefficient (Wildman–Crippen LogP) is 2.98. The first-order chi connectivity index (χ1) is 18.4. The van der Waals surface area contributed by atoms with Gasteiger partial charge in [0.05, 0.1) is 45.2 Å². The first-order valence-electron chi connectivity index (χ1n) is 12.6. The van der Waals surface area contributed by atoms with Crippen LogP contribution in [-0.4, -0.2) is 111 Å². The van der Waals surface area contributed by atoms with Gasteiger partial charge >= 0.3 is 34.9 Å². The third kappa shape index (κ3) is 17.2. The number of rotatable bonds is 20. The van der Waals surface area contributed by atoms with E-state index in [4.69, 9.17) is 27.8 Å². The molecular formula is C23H44BrNO13PS2+. The number of likely N-dealkylation sites (N-methyl/N-ethyl adjacent to an activating group) is 1. The number of ether oxygens (including phenoxy) is 3. The van der Waals surface area contributed by atoms with Gasteiger partial charge in [-0.15, -0.1) is 0 Å². The van der Waals surface area contributed by atoms with Gasteiger partial charge < -0.3 is 23.6 Å². The van der Waals surface area contributed by atoms with Crippen LogP contribution in [-0.2, 0) is 51.4 Å². The Morgan fingerprint density at radius 1 is 0.878 bits per heavy atom. The van der Waals surface area contributed by atoms with E-state index in [1.165, 1.54) is 13.8 Å². The van der Waals surface area contributed by atoms with Crippen LogP contribution in [0.1, 0.15) is 47.5 Å². The zero-order valence-electron chi connectivity index (χ0n) is 24.8. The lowest BCUT2D eigenvalue weighted by Crippen LogP contribution is -2.45. The minimum atomic E-state index is -4.39. The van der Waals surface area contributed by atoms with E-state index in [-0.39, 0.29) is 49.2 Å². The van der Waals surface area contributed by atoms with E-state index in [1.54, 1.807) is 20.8 Å². The Balaban J connectivity index is 5.52. The van der Waals surface area contributed by atoms with Crippen molar-refractivity contribution in [1.82, 2.24) is 0 Å². The summed E-state index contributed by atoms with van der Waals surface area (Å²) in [5, 5.41) is 0. The Bertz CT molecular complexity index is 1050. The van der Waals surface area contributed by atoms with Gasteiger partial charge in [-0.3, -0.25) is 28.0 Å². The topological polar surface area (TPSA) is 189 Å². The van der Waals surface area contributed by atoms with Crippen molar-refractivity contribution in [3.05, 3.63) is 0 Å². The molecule has 2 N–H and O–H groups in total.